The first kappa shape index (κ1) is 10.6. The van der Waals surface area contributed by atoms with Crippen molar-refractivity contribution in [2.45, 2.75) is 46.6 Å². The lowest BCUT2D eigenvalue weighted by Gasteiger charge is -2.26. The van der Waals surface area contributed by atoms with Gasteiger partial charge in [-0.25, -0.2) is 0 Å². The Bertz CT molecular complexity index is 185. The lowest BCUT2D eigenvalue weighted by Crippen LogP contribution is -2.38. The monoisotopic (exact) mass is 183 g/mol. The lowest BCUT2D eigenvalue weighted by atomic mass is 9.96. The second-order valence-electron chi connectivity index (χ2n) is 4.39. The molecule has 0 aliphatic heterocycles. The molecule has 1 atom stereocenters. The Morgan fingerprint density at radius 2 is 1.92 bits per heavy atom. The van der Waals surface area contributed by atoms with Crippen LogP contribution in [0.1, 0.15) is 40.5 Å². The van der Waals surface area contributed by atoms with Crippen molar-refractivity contribution in [3.8, 4) is 0 Å². The SMILES string of the molecule is CCN(C(=O)[C@H](C)C(C)C)C1CC1. The Labute approximate surface area is 81.3 Å². The minimum absolute atomic E-state index is 0.181. The summed E-state index contributed by atoms with van der Waals surface area (Å²) in [5.41, 5.74) is 0. The van der Waals surface area contributed by atoms with E-state index in [0.29, 0.717) is 17.9 Å². The zero-order valence-corrected chi connectivity index (χ0v) is 9.21. The van der Waals surface area contributed by atoms with E-state index in [1.165, 1.54) is 12.8 Å². The molecular weight excluding hydrogens is 162 g/mol. The van der Waals surface area contributed by atoms with Gasteiger partial charge in [0.1, 0.15) is 0 Å². The molecule has 13 heavy (non-hydrogen) atoms. The Morgan fingerprint density at radius 1 is 1.38 bits per heavy atom. The maximum atomic E-state index is 11.9. The molecule has 1 aliphatic rings. The quantitative estimate of drug-likeness (QED) is 0.655. The van der Waals surface area contributed by atoms with Gasteiger partial charge in [-0.05, 0) is 25.7 Å². The number of nitrogens with zero attached hydrogens (tertiary/aromatic N) is 1. The summed E-state index contributed by atoms with van der Waals surface area (Å²) in [6.45, 7) is 9.22. The maximum Gasteiger partial charge on any atom is 0.225 e. The molecule has 1 fully saturated rings. The Kier molecular flexibility index (Phi) is 3.34. The first-order chi connectivity index (χ1) is 6.07. The van der Waals surface area contributed by atoms with E-state index in [2.05, 4.69) is 20.8 Å². The number of hydrogen-bond acceptors (Lipinski definition) is 1. The summed E-state index contributed by atoms with van der Waals surface area (Å²) in [5, 5.41) is 0. The summed E-state index contributed by atoms with van der Waals surface area (Å²) >= 11 is 0. The molecule has 0 saturated heterocycles. The third-order valence-corrected chi connectivity index (χ3v) is 3.00. The fraction of sp³-hybridized carbons (Fsp3) is 0.909. The normalized spacial score (nSPS) is 18.8. The number of carbonyl (C=O) groups excluding carboxylic acids is 1. The van der Waals surface area contributed by atoms with Crippen LogP contribution < -0.4 is 0 Å². The van der Waals surface area contributed by atoms with Gasteiger partial charge in [0.05, 0.1) is 0 Å². The molecule has 0 heterocycles. The molecule has 76 valence electrons. The summed E-state index contributed by atoms with van der Waals surface area (Å²) in [7, 11) is 0. The van der Waals surface area contributed by atoms with Gasteiger partial charge >= 0.3 is 0 Å². The van der Waals surface area contributed by atoms with Crippen molar-refractivity contribution in [1.29, 1.82) is 0 Å². The summed E-state index contributed by atoms with van der Waals surface area (Å²) in [5.74, 6) is 0.987. The van der Waals surface area contributed by atoms with Crippen LogP contribution in [-0.4, -0.2) is 23.4 Å². The predicted octanol–water partition coefficient (Wildman–Crippen LogP) is 2.29. The number of hydrogen-bond donors (Lipinski definition) is 0. The Morgan fingerprint density at radius 3 is 2.23 bits per heavy atom. The molecule has 1 saturated carbocycles. The van der Waals surface area contributed by atoms with Crippen LogP contribution in [0.15, 0.2) is 0 Å². The highest BCUT2D eigenvalue weighted by atomic mass is 16.2. The highest BCUT2D eigenvalue weighted by Crippen LogP contribution is 2.28. The zero-order chi connectivity index (χ0) is 10.0. The smallest absolute Gasteiger partial charge is 0.225 e. The van der Waals surface area contributed by atoms with Crippen LogP contribution in [0.3, 0.4) is 0 Å². The van der Waals surface area contributed by atoms with E-state index in [9.17, 15) is 4.79 Å². The van der Waals surface area contributed by atoms with Crippen LogP contribution in [0.2, 0.25) is 0 Å². The Balaban J connectivity index is 2.52. The van der Waals surface area contributed by atoms with E-state index in [1.54, 1.807) is 0 Å². The van der Waals surface area contributed by atoms with Gasteiger partial charge < -0.3 is 4.90 Å². The summed E-state index contributed by atoms with van der Waals surface area (Å²) in [4.78, 5) is 14.0. The average Bonchev–Trinajstić information content (AvgIpc) is 2.88. The average molecular weight is 183 g/mol. The molecule has 0 aromatic carbocycles. The number of rotatable bonds is 4. The van der Waals surface area contributed by atoms with Gasteiger partial charge in [0, 0.05) is 18.5 Å². The fourth-order valence-electron chi connectivity index (χ4n) is 1.53. The van der Waals surface area contributed by atoms with Crippen molar-refractivity contribution in [3.63, 3.8) is 0 Å². The molecule has 1 aliphatic carbocycles. The van der Waals surface area contributed by atoms with E-state index in [4.69, 9.17) is 0 Å². The van der Waals surface area contributed by atoms with Crippen molar-refractivity contribution in [2.24, 2.45) is 11.8 Å². The topological polar surface area (TPSA) is 20.3 Å². The number of amides is 1. The standard InChI is InChI=1S/C11H21NO/c1-5-12(10-6-7-10)11(13)9(4)8(2)3/h8-10H,5-7H2,1-4H3/t9-/m1/s1. The third kappa shape index (κ3) is 2.45. The minimum Gasteiger partial charge on any atom is -0.340 e. The molecular formula is C11H21NO. The van der Waals surface area contributed by atoms with E-state index >= 15 is 0 Å². The van der Waals surface area contributed by atoms with Gasteiger partial charge in [-0.3, -0.25) is 4.79 Å². The van der Waals surface area contributed by atoms with Crippen LogP contribution in [-0.2, 0) is 4.79 Å². The molecule has 0 bridgehead atoms. The second kappa shape index (κ2) is 4.12. The van der Waals surface area contributed by atoms with E-state index in [1.807, 2.05) is 11.8 Å². The van der Waals surface area contributed by atoms with E-state index in [-0.39, 0.29) is 5.92 Å². The molecule has 0 radical (unpaired) electrons. The molecule has 2 nitrogen and oxygen atoms in total. The molecule has 1 amide bonds. The first-order valence-corrected chi connectivity index (χ1v) is 5.38. The van der Waals surface area contributed by atoms with Crippen molar-refractivity contribution < 1.29 is 4.79 Å². The van der Waals surface area contributed by atoms with Gasteiger partial charge in [-0.15, -0.1) is 0 Å². The van der Waals surface area contributed by atoms with Gasteiger partial charge in [0.15, 0.2) is 0 Å². The van der Waals surface area contributed by atoms with Crippen LogP contribution in [0.4, 0.5) is 0 Å². The number of carbonyl (C=O) groups is 1. The maximum absolute atomic E-state index is 11.9. The van der Waals surface area contributed by atoms with Gasteiger partial charge in [-0.1, -0.05) is 20.8 Å². The summed E-state index contributed by atoms with van der Waals surface area (Å²) in [6.07, 6.45) is 2.43. The van der Waals surface area contributed by atoms with Crippen LogP contribution in [0.25, 0.3) is 0 Å². The van der Waals surface area contributed by atoms with Crippen molar-refractivity contribution in [2.75, 3.05) is 6.54 Å². The zero-order valence-electron chi connectivity index (χ0n) is 9.21. The fourth-order valence-corrected chi connectivity index (χ4v) is 1.53. The molecule has 0 aromatic heterocycles. The molecule has 0 unspecified atom stereocenters. The second-order valence-corrected chi connectivity index (χ2v) is 4.39. The first-order valence-electron chi connectivity index (χ1n) is 5.38. The highest BCUT2D eigenvalue weighted by molar-refractivity contribution is 5.79. The Hall–Kier alpha value is -0.530. The van der Waals surface area contributed by atoms with Crippen molar-refractivity contribution in [1.82, 2.24) is 4.90 Å². The van der Waals surface area contributed by atoms with Gasteiger partial charge in [0.2, 0.25) is 5.91 Å². The minimum atomic E-state index is 0.181. The lowest BCUT2D eigenvalue weighted by molar-refractivity contribution is -0.136. The molecule has 0 spiro atoms. The molecule has 0 N–H and O–H groups in total. The summed E-state index contributed by atoms with van der Waals surface area (Å²) in [6, 6.07) is 0.568. The van der Waals surface area contributed by atoms with Crippen molar-refractivity contribution >= 4 is 5.91 Å². The predicted molar refractivity (Wildman–Crippen MR) is 54.4 cm³/mol. The van der Waals surface area contributed by atoms with E-state index in [0.717, 1.165) is 6.54 Å². The molecule has 1 rings (SSSR count). The summed E-state index contributed by atoms with van der Waals surface area (Å²) < 4.78 is 0. The van der Waals surface area contributed by atoms with Crippen molar-refractivity contribution in [3.05, 3.63) is 0 Å². The largest absolute Gasteiger partial charge is 0.340 e. The van der Waals surface area contributed by atoms with Crippen LogP contribution >= 0.6 is 0 Å². The van der Waals surface area contributed by atoms with E-state index < -0.39 is 0 Å². The molecule has 2 heteroatoms. The highest BCUT2D eigenvalue weighted by Gasteiger charge is 2.33. The van der Waals surface area contributed by atoms with Crippen LogP contribution in [0, 0.1) is 11.8 Å². The van der Waals surface area contributed by atoms with Crippen LogP contribution in [0.5, 0.6) is 0 Å². The third-order valence-electron chi connectivity index (χ3n) is 3.00. The van der Waals surface area contributed by atoms with Gasteiger partial charge in [-0.2, -0.15) is 0 Å². The molecule has 0 aromatic rings. The van der Waals surface area contributed by atoms with Gasteiger partial charge in [0.25, 0.3) is 0 Å².